The quantitative estimate of drug-likeness (QED) is 0.0664. The number of nitrogens with zero attached hydrogens (tertiary/aromatic N) is 6. The van der Waals surface area contributed by atoms with Crippen LogP contribution < -0.4 is 10.6 Å². The summed E-state index contributed by atoms with van der Waals surface area (Å²) in [6.45, 7) is 5.50. The van der Waals surface area contributed by atoms with Gasteiger partial charge >= 0.3 is 12.3 Å². The third-order valence-corrected chi connectivity index (χ3v) is 8.29. The van der Waals surface area contributed by atoms with Crippen molar-refractivity contribution in [3.63, 3.8) is 0 Å². The Morgan fingerprint density at radius 1 is 1.04 bits per heavy atom. The van der Waals surface area contributed by atoms with Gasteiger partial charge in [-0.05, 0) is 63.4 Å². The highest BCUT2D eigenvalue weighted by molar-refractivity contribution is 9.10. The van der Waals surface area contributed by atoms with Crippen molar-refractivity contribution in [3.8, 4) is 11.3 Å². The second kappa shape index (κ2) is 14.9. The molecule has 0 radical (unpaired) electrons. The first-order chi connectivity index (χ1) is 23.5. The fourth-order valence-electron chi connectivity index (χ4n) is 5.00. The molecule has 2 amide bonds. The van der Waals surface area contributed by atoms with Crippen molar-refractivity contribution >= 4 is 39.3 Å². The summed E-state index contributed by atoms with van der Waals surface area (Å²) in [5.74, 6) is -2.72. The van der Waals surface area contributed by atoms with Gasteiger partial charge in [0, 0.05) is 40.9 Å². The summed E-state index contributed by atoms with van der Waals surface area (Å²) < 4.78 is 58.2. The van der Waals surface area contributed by atoms with Gasteiger partial charge in [0.05, 0.1) is 29.5 Å². The summed E-state index contributed by atoms with van der Waals surface area (Å²) in [6, 6.07) is 1.72. The Morgan fingerprint density at radius 3 is 2.24 bits per heavy atom. The first-order valence-electron chi connectivity index (χ1n) is 15.1. The lowest BCUT2D eigenvalue weighted by Crippen LogP contribution is -2.55. The molecule has 4 aromatic rings. The van der Waals surface area contributed by atoms with E-state index in [9.17, 15) is 43.2 Å². The summed E-state index contributed by atoms with van der Waals surface area (Å²) in [5, 5.41) is 51.1. The second-order valence-corrected chi connectivity index (χ2v) is 14.0. The molecule has 0 bridgehead atoms. The molecule has 3 aromatic heterocycles. The molecule has 1 aromatic carbocycles. The lowest BCUT2D eigenvalue weighted by Gasteiger charge is -2.30. The number of benzene rings is 1. The van der Waals surface area contributed by atoms with Crippen molar-refractivity contribution in [2.24, 2.45) is 0 Å². The third-order valence-electron chi connectivity index (χ3n) is 7.35. The van der Waals surface area contributed by atoms with Crippen LogP contribution in [0.4, 0.5) is 17.6 Å². The van der Waals surface area contributed by atoms with Gasteiger partial charge in [0.2, 0.25) is 5.91 Å². The summed E-state index contributed by atoms with van der Waals surface area (Å²) in [6.07, 6.45) is -3.99. The van der Waals surface area contributed by atoms with Gasteiger partial charge in [-0.1, -0.05) is 15.9 Å². The van der Waals surface area contributed by atoms with E-state index < -0.39 is 58.3 Å². The molecule has 276 valence electrons. The molecule has 0 fully saturated rings. The molecule has 1 atom stereocenters. The van der Waals surface area contributed by atoms with E-state index in [1.165, 1.54) is 46.2 Å². The SMILES string of the molecule is CC(C)(Cn1nc(C(F)(F)F)cc1-c1cnc(C(C)(C)O)nc1)NC(=O)C(Cc1cnn(C(O)(O)O)c1)NC(=O)c1c(F)ccc(Br)c1CCCl. The zero-order valence-electron chi connectivity index (χ0n) is 27.5. The van der Waals surface area contributed by atoms with E-state index >= 15 is 4.39 Å². The van der Waals surface area contributed by atoms with Crippen LogP contribution in [0.15, 0.2) is 47.5 Å². The lowest BCUT2D eigenvalue weighted by molar-refractivity contribution is -0.381. The molecule has 0 aliphatic rings. The Balaban J connectivity index is 1.67. The van der Waals surface area contributed by atoms with E-state index in [0.717, 1.165) is 29.2 Å². The third kappa shape index (κ3) is 9.86. The van der Waals surface area contributed by atoms with Crippen LogP contribution >= 0.6 is 27.5 Å². The number of nitrogens with one attached hydrogen (secondary N) is 2. The van der Waals surface area contributed by atoms with Gasteiger partial charge in [0.25, 0.3) is 5.91 Å². The molecule has 14 nitrogen and oxygen atoms in total. The lowest BCUT2D eigenvalue weighted by atomic mass is 10.0. The average molecular weight is 806 g/mol. The number of alkyl halides is 4. The molecule has 6 N–H and O–H groups in total. The Labute approximate surface area is 301 Å². The molecular weight excluding hydrogens is 772 g/mol. The molecule has 1 unspecified atom stereocenters. The topological polar surface area (TPSA) is 201 Å². The smallest absolute Gasteiger partial charge is 0.382 e. The zero-order chi connectivity index (χ0) is 38.1. The van der Waals surface area contributed by atoms with E-state index in [1.807, 2.05) is 0 Å². The summed E-state index contributed by atoms with van der Waals surface area (Å²) in [5.41, 5.74) is -3.99. The van der Waals surface area contributed by atoms with Crippen molar-refractivity contribution in [3.05, 3.63) is 81.5 Å². The maximum atomic E-state index is 15.0. The van der Waals surface area contributed by atoms with E-state index in [2.05, 4.69) is 46.7 Å². The molecule has 51 heavy (non-hydrogen) atoms. The minimum absolute atomic E-state index is 0.0276. The number of carbonyl (C=O) groups excluding carboxylic acids is 2. The van der Waals surface area contributed by atoms with Gasteiger partial charge in [-0.15, -0.1) is 11.6 Å². The number of aromatic nitrogens is 6. The highest BCUT2D eigenvalue weighted by atomic mass is 79.9. The molecule has 0 aliphatic heterocycles. The first kappa shape index (κ1) is 39.8. The predicted octanol–water partition coefficient (Wildman–Crippen LogP) is 2.95. The van der Waals surface area contributed by atoms with Gasteiger partial charge in [-0.25, -0.2) is 14.4 Å². The van der Waals surface area contributed by atoms with E-state index in [4.69, 9.17) is 11.6 Å². The molecule has 0 aliphatic carbocycles. The average Bonchev–Trinajstić information content (AvgIpc) is 3.65. The van der Waals surface area contributed by atoms with Crippen LogP contribution in [0.3, 0.4) is 0 Å². The highest BCUT2D eigenvalue weighted by Gasteiger charge is 2.37. The molecular formula is C31H34BrClF4N8O6. The van der Waals surface area contributed by atoms with E-state index in [0.29, 0.717) is 9.15 Å². The monoisotopic (exact) mass is 804 g/mol. The van der Waals surface area contributed by atoms with Gasteiger partial charge in [-0.3, -0.25) is 14.3 Å². The summed E-state index contributed by atoms with van der Waals surface area (Å²) in [4.78, 5) is 35.5. The standard InChI is InChI=1S/C31H34BrClF4N8O6/c1-28(2,15-44-22(10-23(43-44)30(35,36)37)17-12-38-27(39-13-17)29(3,4)48)42-25(46)21(9-16-11-40-45(14-16)31(49,50)51)41-26(47)24-18(7-8-33)19(32)5-6-20(24)34/h5-6,10-14,21,48-51H,7-9,15H2,1-4H3,(H,41,47)(H,42,46). The number of halogens is 6. The van der Waals surface area contributed by atoms with Crippen molar-refractivity contribution in [2.45, 2.75) is 76.5 Å². The zero-order valence-corrected chi connectivity index (χ0v) is 29.8. The fraction of sp³-hybridized carbons (Fsp3) is 0.419. The van der Waals surface area contributed by atoms with Crippen LogP contribution in [0.25, 0.3) is 11.3 Å². The number of amides is 2. The molecule has 4 rings (SSSR count). The van der Waals surface area contributed by atoms with Crippen molar-refractivity contribution in [1.82, 2.24) is 40.2 Å². The molecule has 0 saturated carbocycles. The van der Waals surface area contributed by atoms with Crippen LogP contribution in [0.5, 0.6) is 0 Å². The summed E-state index contributed by atoms with van der Waals surface area (Å²) in [7, 11) is 0. The largest absolute Gasteiger partial charge is 0.435 e. The highest BCUT2D eigenvalue weighted by Crippen LogP contribution is 2.32. The number of carbonyl (C=O) groups is 2. The van der Waals surface area contributed by atoms with Gasteiger partial charge in [-0.2, -0.15) is 28.1 Å². The predicted molar refractivity (Wildman–Crippen MR) is 176 cm³/mol. The number of hydrogen-bond acceptors (Lipinski definition) is 10. The summed E-state index contributed by atoms with van der Waals surface area (Å²) >= 11 is 9.16. The minimum Gasteiger partial charge on any atom is -0.382 e. The van der Waals surface area contributed by atoms with E-state index in [-0.39, 0.29) is 53.5 Å². The van der Waals surface area contributed by atoms with Crippen LogP contribution in [-0.4, -0.2) is 79.2 Å². The number of hydrogen-bond donors (Lipinski definition) is 6. The first-order valence-corrected chi connectivity index (χ1v) is 16.4. The minimum atomic E-state index is -4.83. The fourth-order valence-corrected chi connectivity index (χ4v) is 5.72. The Morgan fingerprint density at radius 2 is 1.69 bits per heavy atom. The normalized spacial score (nSPS) is 13.3. The van der Waals surface area contributed by atoms with Crippen LogP contribution in [-0.2, 0) is 42.1 Å². The van der Waals surface area contributed by atoms with Crippen molar-refractivity contribution in [1.29, 1.82) is 0 Å². The second-order valence-electron chi connectivity index (χ2n) is 12.7. The Hall–Kier alpha value is -4.01. The van der Waals surface area contributed by atoms with Crippen LogP contribution in [0, 0.1) is 5.82 Å². The maximum Gasteiger partial charge on any atom is 0.435 e. The molecule has 3 heterocycles. The van der Waals surface area contributed by atoms with E-state index in [1.54, 1.807) is 0 Å². The molecule has 0 spiro atoms. The van der Waals surface area contributed by atoms with Crippen LogP contribution in [0.1, 0.15) is 60.7 Å². The number of aliphatic hydroxyl groups is 4. The Kier molecular flexibility index (Phi) is 11.6. The van der Waals surface area contributed by atoms with Crippen molar-refractivity contribution < 1.29 is 47.6 Å². The maximum absolute atomic E-state index is 15.0. The number of rotatable bonds is 13. The molecule has 0 saturated heterocycles. The molecule has 20 heteroatoms. The van der Waals surface area contributed by atoms with Crippen molar-refractivity contribution in [2.75, 3.05) is 5.88 Å². The van der Waals surface area contributed by atoms with Gasteiger partial charge < -0.3 is 31.1 Å². The van der Waals surface area contributed by atoms with Gasteiger partial charge in [0.15, 0.2) is 11.5 Å². The Bertz CT molecular complexity index is 1890. The van der Waals surface area contributed by atoms with Gasteiger partial charge in [0.1, 0.15) is 17.5 Å². The van der Waals surface area contributed by atoms with Crippen LogP contribution in [0.2, 0.25) is 0 Å².